The average Bonchev–Trinajstić information content (AvgIpc) is 1.62. The molecule has 0 amide bonds. The Bertz CT molecular complexity index is 121. The maximum absolute atomic E-state index is 10.3. The SMILES string of the molecule is CCN([O-])CP(=O)(O)O. The van der Waals surface area contributed by atoms with Gasteiger partial charge in [0.2, 0.25) is 0 Å². The largest absolute Gasteiger partial charge is 0.785 e. The molecule has 0 saturated carbocycles. The van der Waals surface area contributed by atoms with Crippen molar-refractivity contribution >= 4 is 7.60 Å². The first kappa shape index (κ1) is 9.07. The van der Waals surface area contributed by atoms with E-state index in [9.17, 15) is 9.77 Å². The monoisotopic (exact) mass is 154 g/mol. The molecule has 0 radical (unpaired) electrons. The lowest BCUT2D eigenvalue weighted by Crippen LogP contribution is -2.16. The molecule has 0 aromatic heterocycles. The third kappa shape index (κ3) is 5.95. The van der Waals surface area contributed by atoms with Gasteiger partial charge in [-0.15, -0.1) is 0 Å². The van der Waals surface area contributed by atoms with Crippen LogP contribution in [0.1, 0.15) is 6.92 Å². The molecule has 0 aliphatic carbocycles. The minimum absolute atomic E-state index is 0.102. The van der Waals surface area contributed by atoms with E-state index in [1.54, 1.807) is 0 Å². The summed E-state index contributed by atoms with van der Waals surface area (Å²) in [5.74, 6) is 0. The van der Waals surface area contributed by atoms with Crippen LogP contribution >= 0.6 is 7.60 Å². The van der Waals surface area contributed by atoms with Crippen molar-refractivity contribution < 1.29 is 14.4 Å². The lowest BCUT2D eigenvalue weighted by Gasteiger charge is -2.25. The van der Waals surface area contributed by atoms with Crippen molar-refractivity contribution in [3.63, 3.8) is 0 Å². The van der Waals surface area contributed by atoms with Gasteiger partial charge in [0.15, 0.2) is 0 Å². The van der Waals surface area contributed by atoms with Crippen molar-refractivity contribution in [3.8, 4) is 0 Å². The molecule has 0 saturated heterocycles. The Kier molecular flexibility index (Phi) is 3.32. The van der Waals surface area contributed by atoms with E-state index in [1.807, 2.05) is 0 Å². The van der Waals surface area contributed by atoms with Crippen molar-refractivity contribution in [2.45, 2.75) is 6.92 Å². The fraction of sp³-hybridized carbons (Fsp3) is 1.00. The summed E-state index contributed by atoms with van der Waals surface area (Å²) in [5.41, 5.74) is 0. The zero-order valence-corrected chi connectivity index (χ0v) is 5.91. The van der Waals surface area contributed by atoms with Crippen LogP contribution < -0.4 is 0 Å². The van der Waals surface area contributed by atoms with E-state index in [-0.39, 0.29) is 6.54 Å². The van der Waals surface area contributed by atoms with Crippen LogP contribution in [-0.4, -0.2) is 27.7 Å². The molecule has 56 valence electrons. The van der Waals surface area contributed by atoms with Gasteiger partial charge in [0.25, 0.3) is 0 Å². The van der Waals surface area contributed by atoms with Gasteiger partial charge in [-0.3, -0.25) is 4.57 Å². The Labute approximate surface area is 53.0 Å². The van der Waals surface area contributed by atoms with Crippen molar-refractivity contribution in [2.24, 2.45) is 0 Å². The lowest BCUT2D eigenvalue weighted by molar-refractivity contribution is 0.335. The van der Waals surface area contributed by atoms with E-state index in [2.05, 4.69) is 0 Å². The van der Waals surface area contributed by atoms with Crippen LogP contribution in [0.15, 0.2) is 0 Å². The first-order valence-electron chi connectivity index (χ1n) is 2.42. The fourth-order valence-electron chi connectivity index (χ4n) is 0.305. The summed E-state index contributed by atoms with van der Waals surface area (Å²) in [6.07, 6.45) is -0.705. The molecule has 0 spiro atoms. The Morgan fingerprint density at radius 3 is 2.22 bits per heavy atom. The summed E-state index contributed by atoms with van der Waals surface area (Å²) in [4.78, 5) is 16.4. The molecule has 2 N–H and O–H groups in total. The summed E-state index contributed by atoms with van der Waals surface area (Å²) >= 11 is 0. The summed E-state index contributed by atoms with van der Waals surface area (Å²) in [5, 5.41) is 10.6. The van der Waals surface area contributed by atoms with Crippen LogP contribution in [0.25, 0.3) is 0 Å². The normalized spacial score (nSPS) is 12.6. The summed E-state index contributed by atoms with van der Waals surface area (Å²) in [6, 6.07) is 0. The molecular formula is C3H9NO4P-. The van der Waals surface area contributed by atoms with Gasteiger partial charge in [0.05, 0.1) is 6.29 Å². The predicted molar refractivity (Wildman–Crippen MR) is 32.7 cm³/mol. The second kappa shape index (κ2) is 3.29. The van der Waals surface area contributed by atoms with Crippen molar-refractivity contribution in [2.75, 3.05) is 12.8 Å². The molecule has 0 fully saturated rings. The minimum Gasteiger partial charge on any atom is -0.785 e. The van der Waals surface area contributed by atoms with Gasteiger partial charge in [-0.05, 0) is 6.54 Å². The van der Waals surface area contributed by atoms with E-state index >= 15 is 0 Å². The Morgan fingerprint density at radius 1 is 1.67 bits per heavy atom. The third-order valence-electron chi connectivity index (χ3n) is 0.695. The maximum Gasteiger partial charge on any atom is 0.338 e. The van der Waals surface area contributed by atoms with Gasteiger partial charge in [0, 0.05) is 0 Å². The van der Waals surface area contributed by atoms with Crippen molar-refractivity contribution in [1.29, 1.82) is 0 Å². The van der Waals surface area contributed by atoms with Crippen LogP contribution in [-0.2, 0) is 4.57 Å². The van der Waals surface area contributed by atoms with Crippen molar-refractivity contribution in [3.05, 3.63) is 5.21 Å². The molecular weight excluding hydrogens is 145 g/mol. The van der Waals surface area contributed by atoms with Gasteiger partial charge < -0.3 is 20.1 Å². The molecule has 0 unspecified atom stereocenters. The summed E-state index contributed by atoms with van der Waals surface area (Å²) < 4.78 is 10.1. The van der Waals surface area contributed by atoms with E-state index in [4.69, 9.17) is 9.79 Å². The maximum atomic E-state index is 10.3. The molecule has 0 aliphatic heterocycles. The first-order chi connectivity index (χ1) is 3.95. The number of hydrogen-bond donors (Lipinski definition) is 2. The molecule has 0 bridgehead atoms. The number of nitrogens with zero attached hydrogens (tertiary/aromatic N) is 1. The van der Waals surface area contributed by atoms with Gasteiger partial charge in [0.1, 0.15) is 0 Å². The van der Waals surface area contributed by atoms with Gasteiger partial charge in [-0.25, -0.2) is 0 Å². The second-order valence-corrected chi connectivity index (χ2v) is 3.22. The second-order valence-electron chi connectivity index (χ2n) is 1.60. The molecule has 0 rings (SSSR count). The van der Waals surface area contributed by atoms with E-state index in [1.165, 1.54) is 6.92 Å². The smallest absolute Gasteiger partial charge is 0.338 e. The Balaban J connectivity index is 3.60. The van der Waals surface area contributed by atoms with E-state index < -0.39 is 13.9 Å². The highest BCUT2D eigenvalue weighted by atomic mass is 31.2. The zero-order valence-electron chi connectivity index (χ0n) is 5.02. The highest BCUT2D eigenvalue weighted by molar-refractivity contribution is 7.51. The molecule has 5 nitrogen and oxygen atoms in total. The highest BCUT2D eigenvalue weighted by Crippen LogP contribution is 2.34. The highest BCUT2D eigenvalue weighted by Gasteiger charge is 2.11. The average molecular weight is 154 g/mol. The number of rotatable bonds is 3. The van der Waals surface area contributed by atoms with Crippen LogP contribution in [0, 0.1) is 5.21 Å². The minimum atomic E-state index is -4.12. The van der Waals surface area contributed by atoms with Crippen LogP contribution in [0.3, 0.4) is 0 Å². The number of hydroxylamine groups is 2. The Morgan fingerprint density at radius 2 is 2.11 bits per heavy atom. The van der Waals surface area contributed by atoms with Crippen LogP contribution in [0.4, 0.5) is 0 Å². The van der Waals surface area contributed by atoms with Crippen LogP contribution in [0.2, 0.25) is 0 Å². The van der Waals surface area contributed by atoms with Crippen molar-refractivity contribution in [1.82, 2.24) is 5.06 Å². The summed E-state index contributed by atoms with van der Waals surface area (Å²) in [6.45, 7) is 1.63. The molecule has 0 heterocycles. The molecule has 0 aromatic rings. The van der Waals surface area contributed by atoms with Crippen LogP contribution in [0.5, 0.6) is 0 Å². The molecule has 9 heavy (non-hydrogen) atoms. The quantitative estimate of drug-likeness (QED) is 0.439. The topological polar surface area (TPSA) is 83.8 Å². The van der Waals surface area contributed by atoms with Gasteiger partial charge >= 0.3 is 7.60 Å². The molecule has 0 atom stereocenters. The van der Waals surface area contributed by atoms with E-state index in [0.29, 0.717) is 5.06 Å². The van der Waals surface area contributed by atoms with Gasteiger partial charge in [-0.1, -0.05) is 6.92 Å². The van der Waals surface area contributed by atoms with Gasteiger partial charge in [-0.2, -0.15) is 0 Å². The van der Waals surface area contributed by atoms with E-state index in [0.717, 1.165) is 0 Å². The zero-order chi connectivity index (χ0) is 7.49. The standard InChI is InChI=1S/C3H9NO4P/c1-2-4(5)3-9(6,7)8/h2-3H2,1H3,(H2,6,7,8)/q-1. The lowest BCUT2D eigenvalue weighted by atomic mass is 10.8. The molecule has 0 aromatic carbocycles. The Hall–Kier alpha value is 0.0700. The first-order valence-corrected chi connectivity index (χ1v) is 4.22. The number of hydrogen-bond acceptors (Lipinski definition) is 3. The fourth-order valence-corrected chi connectivity index (χ4v) is 0.916. The predicted octanol–water partition coefficient (Wildman–Crippen LogP) is -0.0587. The third-order valence-corrected chi connectivity index (χ3v) is 1.38. The summed E-state index contributed by atoms with van der Waals surface area (Å²) in [7, 11) is -4.12. The molecule has 6 heteroatoms. The molecule has 0 aliphatic rings.